The summed E-state index contributed by atoms with van der Waals surface area (Å²) in [6.45, 7) is 2.62. The Labute approximate surface area is 161 Å². The van der Waals surface area contributed by atoms with Crippen molar-refractivity contribution in [1.82, 2.24) is 15.6 Å². The Morgan fingerprint density at radius 3 is 2.81 bits per heavy atom. The van der Waals surface area contributed by atoms with E-state index >= 15 is 0 Å². The lowest BCUT2D eigenvalue weighted by Crippen LogP contribution is -2.65. The third kappa shape index (κ3) is 4.26. The molecule has 27 heavy (non-hydrogen) atoms. The normalized spacial score (nSPS) is 19.8. The molecule has 1 aromatic heterocycles. The van der Waals surface area contributed by atoms with E-state index < -0.39 is 11.4 Å². The number of carbonyl (C=O) groups excluding carboxylic acids is 1. The molecule has 0 radical (unpaired) electrons. The number of aryl methyl sites for hydroxylation is 1. The van der Waals surface area contributed by atoms with Crippen LogP contribution in [0.15, 0.2) is 41.5 Å². The number of rotatable bonds is 7. The van der Waals surface area contributed by atoms with Gasteiger partial charge >= 0.3 is 0 Å². The van der Waals surface area contributed by atoms with Crippen molar-refractivity contribution in [2.45, 2.75) is 19.1 Å². The zero-order chi connectivity index (χ0) is 19.4. The number of nitrogens with zero attached hydrogens (tertiary/aromatic N) is 1. The maximum Gasteiger partial charge on any atom is 0.268 e. The summed E-state index contributed by atoms with van der Waals surface area (Å²) < 4.78 is 10.9. The monoisotopic (exact) mass is 390 g/mol. The van der Waals surface area contributed by atoms with E-state index in [0.717, 1.165) is 9.88 Å². The van der Waals surface area contributed by atoms with Gasteiger partial charge in [0.1, 0.15) is 23.6 Å². The lowest BCUT2D eigenvalue weighted by molar-refractivity contribution is -0.134. The van der Waals surface area contributed by atoms with Crippen molar-refractivity contribution in [2.75, 3.05) is 26.9 Å². The molecule has 1 aliphatic heterocycles. The number of hydrogen-bond acceptors (Lipinski definition) is 8. The Balaban J connectivity index is 1.77. The third-order valence-corrected chi connectivity index (χ3v) is 5.11. The number of aliphatic hydroxyl groups is 1. The Morgan fingerprint density at radius 2 is 2.26 bits per heavy atom. The van der Waals surface area contributed by atoms with Crippen molar-refractivity contribution < 1.29 is 19.4 Å². The van der Waals surface area contributed by atoms with Gasteiger partial charge in [0.15, 0.2) is 0 Å². The van der Waals surface area contributed by atoms with Crippen molar-refractivity contribution in [1.29, 1.82) is 5.41 Å². The van der Waals surface area contributed by atoms with Gasteiger partial charge in [-0.15, -0.1) is 11.3 Å². The first-order chi connectivity index (χ1) is 13.0. The lowest BCUT2D eigenvalue weighted by Gasteiger charge is -2.40. The van der Waals surface area contributed by atoms with Crippen molar-refractivity contribution in [3.05, 3.63) is 51.3 Å². The third-order valence-electron chi connectivity index (χ3n) is 4.23. The first-order valence-electron chi connectivity index (χ1n) is 8.42. The zero-order valence-electron chi connectivity index (χ0n) is 15.2. The average molecular weight is 390 g/mol. The summed E-state index contributed by atoms with van der Waals surface area (Å²) >= 11 is 1.56. The van der Waals surface area contributed by atoms with Crippen LogP contribution in [0.1, 0.15) is 9.88 Å². The van der Waals surface area contributed by atoms with Gasteiger partial charge in [0.2, 0.25) is 0 Å². The molecule has 1 aromatic rings. The maximum atomic E-state index is 12.7. The van der Waals surface area contributed by atoms with Crippen LogP contribution in [-0.2, 0) is 20.9 Å². The number of allylic oxidation sites excluding steroid dienone is 4. The average Bonchev–Trinajstić information content (AvgIpc) is 3.04. The topological polar surface area (TPSA) is 117 Å². The van der Waals surface area contributed by atoms with E-state index in [-0.39, 0.29) is 31.2 Å². The van der Waals surface area contributed by atoms with E-state index in [1.54, 1.807) is 42.8 Å². The van der Waals surface area contributed by atoms with Gasteiger partial charge in [0.05, 0.1) is 35.4 Å². The van der Waals surface area contributed by atoms with Gasteiger partial charge in [-0.05, 0) is 25.2 Å². The molecular formula is C18H22N4O4S. The molecule has 1 saturated heterocycles. The highest BCUT2D eigenvalue weighted by molar-refractivity contribution is 7.11. The SMILES string of the molecule is CN/C(C(=O)NC1(CO)COC1)=C1/C=C(OCc2cnc(C)s2)C=CC1=N. The summed E-state index contributed by atoms with van der Waals surface area (Å²) in [5.41, 5.74) is 0.0815. The van der Waals surface area contributed by atoms with Crippen molar-refractivity contribution >= 4 is 23.0 Å². The summed E-state index contributed by atoms with van der Waals surface area (Å²) in [5.74, 6) is 0.148. The minimum Gasteiger partial charge on any atom is -0.488 e. The smallest absolute Gasteiger partial charge is 0.268 e. The molecule has 4 N–H and O–H groups in total. The molecule has 1 amide bonds. The molecule has 2 heterocycles. The molecule has 144 valence electrons. The van der Waals surface area contributed by atoms with E-state index in [1.807, 2.05) is 6.92 Å². The van der Waals surface area contributed by atoms with Crippen LogP contribution in [0, 0.1) is 12.3 Å². The Bertz CT molecular complexity index is 831. The second kappa shape index (κ2) is 8.03. The number of nitrogens with one attached hydrogen (secondary N) is 3. The fourth-order valence-electron chi connectivity index (χ4n) is 2.67. The molecule has 9 heteroatoms. The summed E-state index contributed by atoms with van der Waals surface area (Å²) in [4.78, 5) is 17.9. The van der Waals surface area contributed by atoms with Gasteiger partial charge in [0, 0.05) is 18.8 Å². The highest BCUT2D eigenvalue weighted by Crippen LogP contribution is 2.22. The van der Waals surface area contributed by atoms with Gasteiger partial charge in [-0.2, -0.15) is 0 Å². The molecule has 0 aromatic carbocycles. The largest absolute Gasteiger partial charge is 0.488 e. The van der Waals surface area contributed by atoms with Gasteiger partial charge < -0.3 is 30.6 Å². The highest BCUT2D eigenvalue weighted by atomic mass is 32.1. The predicted octanol–water partition coefficient (Wildman–Crippen LogP) is 0.793. The van der Waals surface area contributed by atoms with Gasteiger partial charge in [-0.3, -0.25) is 4.79 Å². The first-order valence-corrected chi connectivity index (χ1v) is 9.24. The van der Waals surface area contributed by atoms with Gasteiger partial charge in [-0.1, -0.05) is 0 Å². The fraction of sp³-hybridized carbons (Fsp3) is 0.389. The van der Waals surface area contributed by atoms with Crippen molar-refractivity contribution in [3.63, 3.8) is 0 Å². The summed E-state index contributed by atoms with van der Waals surface area (Å²) in [7, 11) is 1.62. The number of hydrogen-bond donors (Lipinski definition) is 4. The van der Waals surface area contributed by atoms with E-state index in [2.05, 4.69) is 15.6 Å². The molecule has 2 aliphatic rings. The minimum atomic E-state index is -0.764. The molecular weight excluding hydrogens is 368 g/mol. The van der Waals surface area contributed by atoms with Crippen LogP contribution in [0.25, 0.3) is 0 Å². The molecule has 0 spiro atoms. The number of aromatic nitrogens is 1. The Hall–Kier alpha value is -2.49. The zero-order valence-corrected chi connectivity index (χ0v) is 16.0. The van der Waals surface area contributed by atoms with E-state index in [9.17, 15) is 9.90 Å². The Kier molecular flexibility index (Phi) is 5.73. The quantitative estimate of drug-likeness (QED) is 0.512. The van der Waals surface area contributed by atoms with Crippen LogP contribution in [0.3, 0.4) is 0 Å². The van der Waals surface area contributed by atoms with Crippen LogP contribution in [0.4, 0.5) is 0 Å². The van der Waals surface area contributed by atoms with Crippen LogP contribution >= 0.6 is 11.3 Å². The van der Waals surface area contributed by atoms with Crippen LogP contribution in [-0.4, -0.2) is 54.1 Å². The molecule has 0 unspecified atom stereocenters. The first kappa shape index (κ1) is 19.3. The molecule has 0 saturated carbocycles. The Morgan fingerprint density at radius 1 is 1.48 bits per heavy atom. The molecule has 1 aliphatic carbocycles. The number of aliphatic hydroxyl groups excluding tert-OH is 1. The number of likely N-dealkylation sites (N-methyl/N-ethyl adjacent to an activating group) is 1. The number of ether oxygens (including phenoxy) is 2. The van der Waals surface area contributed by atoms with Gasteiger partial charge in [0.25, 0.3) is 5.91 Å². The van der Waals surface area contributed by atoms with Crippen LogP contribution < -0.4 is 10.6 Å². The van der Waals surface area contributed by atoms with Crippen molar-refractivity contribution in [2.24, 2.45) is 0 Å². The van der Waals surface area contributed by atoms with Gasteiger partial charge in [-0.25, -0.2) is 4.98 Å². The van der Waals surface area contributed by atoms with E-state index in [4.69, 9.17) is 14.9 Å². The van der Waals surface area contributed by atoms with Crippen LogP contribution in [0.5, 0.6) is 0 Å². The highest BCUT2D eigenvalue weighted by Gasteiger charge is 2.40. The second-order valence-corrected chi connectivity index (χ2v) is 7.67. The van der Waals surface area contributed by atoms with Crippen molar-refractivity contribution in [3.8, 4) is 0 Å². The second-order valence-electron chi connectivity index (χ2n) is 6.35. The predicted molar refractivity (Wildman–Crippen MR) is 101 cm³/mol. The molecule has 0 bridgehead atoms. The summed E-state index contributed by atoms with van der Waals surface area (Å²) in [5, 5.41) is 24.3. The number of thiazole rings is 1. The molecule has 1 fully saturated rings. The fourth-order valence-corrected chi connectivity index (χ4v) is 3.38. The van der Waals surface area contributed by atoms with E-state index in [0.29, 0.717) is 17.9 Å². The molecule has 0 atom stereocenters. The number of carbonyl (C=O) groups is 1. The summed E-state index contributed by atoms with van der Waals surface area (Å²) in [6, 6.07) is 0. The summed E-state index contributed by atoms with van der Waals surface area (Å²) in [6.07, 6.45) is 6.71. The molecule has 3 rings (SSSR count). The van der Waals surface area contributed by atoms with E-state index in [1.165, 1.54) is 0 Å². The number of amides is 1. The minimum absolute atomic E-state index is 0.193. The maximum absolute atomic E-state index is 12.7. The molecule has 8 nitrogen and oxygen atoms in total. The lowest BCUT2D eigenvalue weighted by atomic mass is 9.97. The standard InChI is InChI=1S/C18H22N4O4S/c1-11-21-6-13(27-11)7-26-12-3-4-15(19)14(5-12)16(20-2)17(24)22-18(8-23)9-25-10-18/h3-6,19-20,23H,7-10H2,1-2H3,(H,22,24)/b16-14-,19-15?. The van der Waals surface area contributed by atoms with Crippen LogP contribution in [0.2, 0.25) is 0 Å².